The number of halogens is 2. The van der Waals surface area contributed by atoms with Crippen LogP contribution in [0.1, 0.15) is 46.5 Å². The first-order valence-electron chi connectivity index (χ1n) is 8.46. The molecule has 4 N–H and O–H groups in total. The van der Waals surface area contributed by atoms with Crippen LogP contribution in [0.4, 0.5) is 9.59 Å². The summed E-state index contributed by atoms with van der Waals surface area (Å²) in [6.07, 6.45) is 3.63. The van der Waals surface area contributed by atoms with Gasteiger partial charge in [-0.2, -0.15) is 0 Å². The second-order valence-electron chi connectivity index (χ2n) is 7.20. The van der Waals surface area contributed by atoms with Crippen LogP contribution in [0.2, 0.25) is 0 Å². The maximum Gasteiger partial charge on any atom is 0.315 e. The summed E-state index contributed by atoms with van der Waals surface area (Å²) in [6.45, 7) is 7.06. The minimum atomic E-state index is -0.307. The van der Waals surface area contributed by atoms with Crippen LogP contribution >= 0.6 is 23.2 Å². The van der Waals surface area contributed by atoms with E-state index in [1.807, 2.05) is 13.8 Å². The molecule has 1 saturated carbocycles. The van der Waals surface area contributed by atoms with Gasteiger partial charge in [0.05, 0.1) is 0 Å². The average molecular weight is 381 g/mol. The molecule has 0 aromatic rings. The van der Waals surface area contributed by atoms with Gasteiger partial charge in [0, 0.05) is 35.9 Å². The van der Waals surface area contributed by atoms with E-state index in [0.29, 0.717) is 30.8 Å². The van der Waals surface area contributed by atoms with Gasteiger partial charge in [0.1, 0.15) is 0 Å². The fraction of sp³-hybridized carbons (Fsp3) is 0.875. The zero-order valence-electron chi connectivity index (χ0n) is 14.8. The van der Waals surface area contributed by atoms with E-state index in [4.69, 9.17) is 23.2 Å². The van der Waals surface area contributed by atoms with E-state index in [9.17, 15) is 9.59 Å². The van der Waals surface area contributed by atoms with Crippen molar-refractivity contribution in [3.05, 3.63) is 0 Å². The van der Waals surface area contributed by atoms with Crippen molar-refractivity contribution in [2.75, 3.05) is 24.8 Å². The molecule has 1 aliphatic carbocycles. The number of alkyl halides is 2. The monoisotopic (exact) mass is 380 g/mol. The van der Waals surface area contributed by atoms with Crippen LogP contribution in [0.15, 0.2) is 0 Å². The summed E-state index contributed by atoms with van der Waals surface area (Å²) in [4.78, 5) is 23.7. The van der Waals surface area contributed by atoms with Crippen molar-refractivity contribution >= 4 is 35.3 Å². The van der Waals surface area contributed by atoms with E-state index >= 15 is 0 Å². The van der Waals surface area contributed by atoms with Gasteiger partial charge in [-0.3, -0.25) is 0 Å². The Labute approximate surface area is 154 Å². The normalized spacial score (nSPS) is 24.1. The van der Waals surface area contributed by atoms with Crippen molar-refractivity contribution < 1.29 is 9.59 Å². The molecule has 1 rings (SSSR count). The van der Waals surface area contributed by atoms with Crippen molar-refractivity contribution in [3.8, 4) is 0 Å². The zero-order valence-corrected chi connectivity index (χ0v) is 16.3. The van der Waals surface area contributed by atoms with Gasteiger partial charge in [-0.15, -0.1) is 23.2 Å². The molecule has 1 fully saturated rings. The fourth-order valence-electron chi connectivity index (χ4n) is 3.18. The van der Waals surface area contributed by atoms with Gasteiger partial charge in [0.25, 0.3) is 0 Å². The van der Waals surface area contributed by atoms with Crippen LogP contribution in [0.25, 0.3) is 0 Å². The topological polar surface area (TPSA) is 82.3 Å². The summed E-state index contributed by atoms with van der Waals surface area (Å²) in [5.74, 6) is 1.16. The largest absolute Gasteiger partial charge is 0.337 e. The third-order valence-corrected chi connectivity index (χ3v) is 5.10. The second kappa shape index (κ2) is 9.56. The van der Waals surface area contributed by atoms with E-state index in [-0.39, 0.29) is 23.1 Å². The molecule has 0 spiro atoms. The Bertz CT molecular complexity index is 424. The van der Waals surface area contributed by atoms with E-state index < -0.39 is 0 Å². The number of nitrogens with one attached hydrogen (secondary N) is 4. The molecule has 0 aliphatic heterocycles. The molecular weight excluding hydrogens is 351 g/mol. The molecule has 8 heteroatoms. The minimum Gasteiger partial charge on any atom is -0.337 e. The first-order valence-corrected chi connectivity index (χ1v) is 9.53. The predicted molar refractivity (Wildman–Crippen MR) is 99.0 cm³/mol. The number of hydrogen-bond donors (Lipinski definition) is 4. The first-order chi connectivity index (χ1) is 11.2. The van der Waals surface area contributed by atoms with Crippen molar-refractivity contribution in [1.29, 1.82) is 0 Å². The second-order valence-corrected chi connectivity index (χ2v) is 7.95. The summed E-state index contributed by atoms with van der Waals surface area (Å²) >= 11 is 11.2. The standard InChI is InChI=1S/C16H30Cl2N4O2/c1-15(2,21-13(23)19-10-8-17)12-4-6-16(3,7-5-12)22-14(24)20-11-9-18/h12H,4-11H2,1-3H3,(H2,19,21,23)(H2,20,22,24). The summed E-state index contributed by atoms with van der Waals surface area (Å²) in [6, 6.07) is -0.359. The first kappa shape index (κ1) is 21.2. The van der Waals surface area contributed by atoms with Crippen molar-refractivity contribution in [1.82, 2.24) is 21.3 Å². The molecular formula is C16H30Cl2N4O2. The Kier molecular flexibility index (Phi) is 8.43. The molecule has 24 heavy (non-hydrogen) atoms. The lowest BCUT2D eigenvalue weighted by Gasteiger charge is -2.44. The van der Waals surface area contributed by atoms with Gasteiger partial charge in [-0.05, 0) is 52.4 Å². The Morgan fingerprint density at radius 3 is 2.04 bits per heavy atom. The number of amides is 4. The van der Waals surface area contributed by atoms with Gasteiger partial charge in [-0.25, -0.2) is 9.59 Å². The number of rotatable bonds is 7. The van der Waals surface area contributed by atoms with Gasteiger partial charge >= 0.3 is 12.1 Å². The highest BCUT2D eigenvalue weighted by molar-refractivity contribution is 6.18. The molecule has 6 nitrogen and oxygen atoms in total. The third-order valence-electron chi connectivity index (χ3n) is 4.72. The van der Waals surface area contributed by atoms with E-state index in [2.05, 4.69) is 28.2 Å². The highest BCUT2D eigenvalue weighted by Gasteiger charge is 2.39. The van der Waals surface area contributed by atoms with Gasteiger partial charge < -0.3 is 21.3 Å². The van der Waals surface area contributed by atoms with Crippen LogP contribution in [0.3, 0.4) is 0 Å². The van der Waals surface area contributed by atoms with Crippen LogP contribution in [0.5, 0.6) is 0 Å². The highest BCUT2D eigenvalue weighted by Crippen LogP contribution is 2.37. The molecule has 0 radical (unpaired) electrons. The number of carbonyl (C=O) groups is 2. The van der Waals surface area contributed by atoms with Crippen LogP contribution in [-0.4, -0.2) is 48.0 Å². The molecule has 140 valence electrons. The predicted octanol–water partition coefficient (Wildman–Crippen LogP) is 2.79. The van der Waals surface area contributed by atoms with Gasteiger partial charge in [0.15, 0.2) is 0 Å². The van der Waals surface area contributed by atoms with Gasteiger partial charge in [-0.1, -0.05) is 0 Å². The summed E-state index contributed by atoms with van der Waals surface area (Å²) in [5, 5.41) is 11.5. The fourth-order valence-corrected chi connectivity index (χ4v) is 3.37. The molecule has 0 aromatic heterocycles. The highest BCUT2D eigenvalue weighted by atomic mass is 35.5. The zero-order chi connectivity index (χ0) is 18.2. The summed E-state index contributed by atoms with van der Waals surface area (Å²) in [7, 11) is 0. The Hall–Kier alpha value is -0.880. The Balaban J connectivity index is 2.48. The molecule has 0 aromatic carbocycles. The average Bonchev–Trinajstić information content (AvgIpc) is 2.50. The quantitative estimate of drug-likeness (QED) is 0.512. The van der Waals surface area contributed by atoms with Crippen LogP contribution in [0, 0.1) is 5.92 Å². The van der Waals surface area contributed by atoms with Crippen molar-refractivity contribution in [2.45, 2.75) is 57.5 Å². The van der Waals surface area contributed by atoms with Crippen molar-refractivity contribution in [3.63, 3.8) is 0 Å². The number of carbonyl (C=O) groups excluding carboxylic acids is 2. The van der Waals surface area contributed by atoms with Gasteiger partial charge in [0.2, 0.25) is 0 Å². The smallest absolute Gasteiger partial charge is 0.315 e. The van der Waals surface area contributed by atoms with Crippen LogP contribution in [-0.2, 0) is 0 Å². The molecule has 4 amide bonds. The minimum absolute atomic E-state index is 0.172. The SMILES string of the molecule is CC1(NC(=O)NCCCl)CCC(C(C)(C)NC(=O)NCCCl)CC1. The molecule has 0 saturated heterocycles. The molecule has 1 aliphatic rings. The van der Waals surface area contributed by atoms with E-state index in [1.54, 1.807) is 0 Å². The van der Waals surface area contributed by atoms with Crippen molar-refractivity contribution in [2.24, 2.45) is 5.92 Å². The van der Waals surface area contributed by atoms with E-state index in [1.165, 1.54) is 0 Å². The number of urea groups is 2. The number of hydrogen-bond acceptors (Lipinski definition) is 2. The molecule has 0 bridgehead atoms. The maximum atomic E-state index is 11.9. The molecule has 0 unspecified atom stereocenters. The van der Waals surface area contributed by atoms with E-state index in [0.717, 1.165) is 25.7 Å². The Morgan fingerprint density at radius 1 is 1.04 bits per heavy atom. The third kappa shape index (κ3) is 6.93. The lowest BCUT2D eigenvalue weighted by Crippen LogP contribution is -2.57. The molecule has 0 atom stereocenters. The molecule has 0 heterocycles. The lowest BCUT2D eigenvalue weighted by atomic mass is 9.70. The maximum absolute atomic E-state index is 11.9. The van der Waals surface area contributed by atoms with Crippen LogP contribution < -0.4 is 21.3 Å². The Morgan fingerprint density at radius 2 is 1.54 bits per heavy atom. The lowest BCUT2D eigenvalue weighted by molar-refractivity contribution is 0.140. The summed E-state index contributed by atoms with van der Waals surface area (Å²) < 4.78 is 0. The summed E-state index contributed by atoms with van der Waals surface area (Å²) in [5.41, 5.74) is -0.525.